The lowest BCUT2D eigenvalue weighted by atomic mass is 10.1. The zero-order valence-corrected chi connectivity index (χ0v) is 16.5. The average Bonchev–Trinajstić information content (AvgIpc) is 3.19. The van der Waals surface area contributed by atoms with Crippen LogP contribution in [0.25, 0.3) is 5.65 Å². The molecular weight excluding hydrogens is 376 g/mol. The van der Waals surface area contributed by atoms with Crippen LogP contribution in [0.2, 0.25) is 0 Å². The Bertz CT molecular complexity index is 1240. The van der Waals surface area contributed by atoms with E-state index in [4.69, 9.17) is 10.00 Å². The number of amides is 1. The number of benzene rings is 2. The third-order valence-corrected chi connectivity index (χ3v) is 4.73. The molecule has 0 spiro atoms. The predicted molar refractivity (Wildman–Crippen MR) is 114 cm³/mol. The first-order chi connectivity index (χ1) is 14.6. The van der Waals surface area contributed by atoms with Gasteiger partial charge in [-0.1, -0.05) is 30.3 Å². The van der Waals surface area contributed by atoms with Gasteiger partial charge in [-0.15, -0.1) is 0 Å². The fourth-order valence-electron chi connectivity index (χ4n) is 3.20. The second-order valence-corrected chi connectivity index (χ2v) is 6.93. The van der Waals surface area contributed by atoms with Crippen LogP contribution >= 0.6 is 0 Å². The van der Waals surface area contributed by atoms with Crippen LogP contribution < -0.4 is 10.1 Å². The highest BCUT2D eigenvalue weighted by Crippen LogP contribution is 2.21. The number of hydrogen-bond acceptors (Lipinski definition) is 4. The Morgan fingerprint density at radius 3 is 2.70 bits per heavy atom. The van der Waals surface area contributed by atoms with Gasteiger partial charge in [0.15, 0.2) is 0 Å². The van der Waals surface area contributed by atoms with Crippen molar-refractivity contribution in [1.82, 2.24) is 9.38 Å². The normalized spacial score (nSPS) is 10.5. The zero-order chi connectivity index (χ0) is 20.9. The number of anilines is 1. The van der Waals surface area contributed by atoms with Gasteiger partial charge in [0.25, 0.3) is 5.91 Å². The lowest BCUT2D eigenvalue weighted by molar-refractivity contribution is 0.102. The van der Waals surface area contributed by atoms with Crippen molar-refractivity contribution < 1.29 is 9.53 Å². The number of fused-ring (bicyclic) bond motifs is 1. The first kappa shape index (κ1) is 19.2. The molecule has 148 valence electrons. The maximum atomic E-state index is 12.8. The van der Waals surface area contributed by atoms with E-state index in [2.05, 4.69) is 16.4 Å². The van der Waals surface area contributed by atoms with Gasteiger partial charge in [0.05, 0.1) is 23.7 Å². The number of nitrogens with zero attached hydrogens (tertiary/aromatic N) is 3. The Labute approximate surface area is 174 Å². The van der Waals surface area contributed by atoms with E-state index in [0.29, 0.717) is 23.4 Å². The van der Waals surface area contributed by atoms with Gasteiger partial charge in [-0.05, 0) is 48.4 Å². The van der Waals surface area contributed by atoms with Crippen LogP contribution in [-0.2, 0) is 13.0 Å². The number of para-hydroxylation sites is 1. The number of aryl methyl sites for hydroxylation is 1. The first-order valence-corrected chi connectivity index (χ1v) is 9.56. The Hall–Kier alpha value is -4.11. The third-order valence-electron chi connectivity index (χ3n) is 4.73. The molecule has 0 aliphatic rings. The van der Waals surface area contributed by atoms with Gasteiger partial charge in [-0.3, -0.25) is 4.79 Å². The smallest absolute Gasteiger partial charge is 0.259 e. The SMILES string of the molecule is Cc1cccn2cc(COc3ccccc3C(=O)Nc3ccc(CC#N)cc3)nc12. The van der Waals surface area contributed by atoms with Crippen molar-refractivity contribution in [1.29, 1.82) is 5.26 Å². The lowest BCUT2D eigenvalue weighted by Crippen LogP contribution is -2.13. The monoisotopic (exact) mass is 396 g/mol. The van der Waals surface area contributed by atoms with Gasteiger partial charge < -0.3 is 14.5 Å². The summed E-state index contributed by atoms with van der Waals surface area (Å²) in [5.74, 6) is 0.231. The number of hydrogen-bond donors (Lipinski definition) is 1. The highest BCUT2D eigenvalue weighted by molar-refractivity contribution is 6.06. The van der Waals surface area contributed by atoms with Crippen LogP contribution in [0.3, 0.4) is 0 Å². The molecule has 6 nitrogen and oxygen atoms in total. The number of ether oxygens (including phenoxy) is 1. The molecular formula is C24H20N4O2. The summed E-state index contributed by atoms with van der Waals surface area (Å²) in [5.41, 5.74) is 4.77. The summed E-state index contributed by atoms with van der Waals surface area (Å²) in [4.78, 5) is 17.4. The van der Waals surface area contributed by atoms with Crippen LogP contribution in [-0.4, -0.2) is 15.3 Å². The molecule has 0 atom stereocenters. The summed E-state index contributed by atoms with van der Waals surface area (Å²) in [5, 5.41) is 11.6. The third kappa shape index (κ3) is 4.15. The summed E-state index contributed by atoms with van der Waals surface area (Å²) in [7, 11) is 0. The van der Waals surface area contributed by atoms with E-state index in [9.17, 15) is 4.79 Å². The van der Waals surface area contributed by atoms with Crippen molar-refractivity contribution in [3.63, 3.8) is 0 Å². The number of carbonyl (C=O) groups is 1. The molecule has 2 aromatic carbocycles. The molecule has 0 unspecified atom stereocenters. The molecule has 1 N–H and O–H groups in total. The van der Waals surface area contributed by atoms with E-state index in [-0.39, 0.29) is 12.5 Å². The molecule has 30 heavy (non-hydrogen) atoms. The van der Waals surface area contributed by atoms with E-state index in [1.165, 1.54) is 0 Å². The summed E-state index contributed by atoms with van der Waals surface area (Å²) in [6, 6.07) is 20.4. The Kier molecular flexibility index (Phi) is 5.44. The Morgan fingerprint density at radius 1 is 1.13 bits per heavy atom. The van der Waals surface area contributed by atoms with Crippen molar-refractivity contribution in [2.75, 3.05) is 5.32 Å². The number of imidazole rings is 1. The van der Waals surface area contributed by atoms with Crippen LogP contribution in [0.1, 0.15) is 27.2 Å². The first-order valence-electron chi connectivity index (χ1n) is 9.56. The fraction of sp³-hybridized carbons (Fsp3) is 0.125. The summed E-state index contributed by atoms with van der Waals surface area (Å²) >= 11 is 0. The minimum absolute atomic E-state index is 0.258. The molecule has 0 saturated heterocycles. The molecule has 0 aliphatic carbocycles. The number of nitriles is 1. The van der Waals surface area contributed by atoms with Crippen molar-refractivity contribution in [2.24, 2.45) is 0 Å². The molecule has 4 rings (SSSR count). The zero-order valence-electron chi connectivity index (χ0n) is 16.5. The maximum Gasteiger partial charge on any atom is 0.259 e. The molecule has 6 heteroatoms. The van der Waals surface area contributed by atoms with Gasteiger partial charge in [0.1, 0.15) is 18.0 Å². The number of aromatic nitrogens is 2. The van der Waals surface area contributed by atoms with Gasteiger partial charge >= 0.3 is 0 Å². The van der Waals surface area contributed by atoms with E-state index < -0.39 is 0 Å². The Balaban J connectivity index is 1.48. The lowest BCUT2D eigenvalue weighted by Gasteiger charge is -2.11. The van der Waals surface area contributed by atoms with E-state index in [0.717, 1.165) is 22.5 Å². The second kappa shape index (κ2) is 8.50. The maximum absolute atomic E-state index is 12.8. The minimum atomic E-state index is -0.260. The summed E-state index contributed by atoms with van der Waals surface area (Å²) < 4.78 is 7.89. The van der Waals surface area contributed by atoms with Crippen LogP contribution in [0, 0.1) is 18.3 Å². The molecule has 0 radical (unpaired) electrons. The van der Waals surface area contributed by atoms with E-state index >= 15 is 0 Å². The van der Waals surface area contributed by atoms with Crippen molar-refractivity contribution >= 4 is 17.2 Å². The molecule has 0 saturated carbocycles. The van der Waals surface area contributed by atoms with Gasteiger partial charge in [0, 0.05) is 18.1 Å². The van der Waals surface area contributed by atoms with Crippen molar-refractivity contribution in [3.05, 3.63) is 95.4 Å². The summed E-state index contributed by atoms with van der Waals surface area (Å²) in [6.07, 6.45) is 4.21. The molecule has 4 aromatic rings. The largest absolute Gasteiger partial charge is 0.486 e. The van der Waals surface area contributed by atoms with Gasteiger partial charge in [-0.2, -0.15) is 5.26 Å². The van der Waals surface area contributed by atoms with E-state index in [1.54, 1.807) is 30.3 Å². The number of carbonyl (C=O) groups excluding carboxylic acids is 1. The molecule has 2 heterocycles. The quantitative estimate of drug-likeness (QED) is 0.519. The van der Waals surface area contributed by atoms with Crippen molar-refractivity contribution in [2.45, 2.75) is 20.0 Å². The van der Waals surface area contributed by atoms with Crippen LogP contribution in [0.5, 0.6) is 5.75 Å². The van der Waals surface area contributed by atoms with Gasteiger partial charge in [0.2, 0.25) is 0 Å². The minimum Gasteiger partial charge on any atom is -0.486 e. The highest BCUT2D eigenvalue weighted by atomic mass is 16.5. The Morgan fingerprint density at radius 2 is 1.93 bits per heavy atom. The predicted octanol–water partition coefficient (Wildman–Crippen LogP) is 4.54. The molecule has 0 fully saturated rings. The summed E-state index contributed by atoms with van der Waals surface area (Å²) in [6.45, 7) is 2.27. The van der Waals surface area contributed by atoms with E-state index in [1.807, 2.05) is 54.0 Å². The van der Waals surface area contributed by atoms with Crippen LogP contribution in [0.4, 0.5) is 5.69 Å². The topological polar surface area (TPSA) is 79.4 Å². The van der Waals surface area contributed by atoms with Crippen LogP contribution in [0.15, 0.2) is 73.1 Å². The highest BCUT2D eigenvalue weighted by Gasteiger charge is 2.13. The second-order valence-electron chi connectivity index (χ2n) is 6.93. The molecule has 0 bridgehead atoms. The molecule has 2 aromatic heterocycles. The standard InChI is InChI=1S/C24H20N4O2/c1-17-5-4-14-28-15-20(26-23(17)28)16-30-22-7-3-2-6-21(22)24(29)27-19-10-8-18(9-11-19)12-13-25/h2-11,14-15H,12,16H2,1H3,(H,27,29). The number of nitrogens with one attached hydrogen (secondary N) is 1. The molecule has 0 aliphatic heterocycles. The van der Waals surface area contributed by atoms with Crippen molar-refractivity contribution in [3.8, 4) is 11.8 Å². The number of rotatable bonds is 6. The number of pyridine rings is 1. The van der Waals surface area contributed by atoms with Gasteiger partial charge in [-0.25, -0.2) is 4.98 Å². The molecule has 1 amide bonds. The fourth-order valence-corrected chi connectivity index (χ4v) is 3.20. The average molecular weight is 396 g/mol.